The lowest BCUT2D eigenvalue weighted by atomic mass is 10.2. The van der Waals surface area contributed by atoms with Gasteiger partial charge in [0.1, 0.15) is 10.6 Å². The van der Waals surface area contributed by atoms with Crippen molar-refractivity contribution in [2.75, 3.05) is 7.11 Å². The molecule has 0 saturated heterocycles. The first kappa shape index (κ1) is 11.8. The van der Waals surface area contributed by atoms with Gasteiger partial charge in [-0.1, -0.05) is 15.9 Å². The van der Waals surface area contributed by atoms with Gasteiger partial charge < -0.3 is 4.74 Å². The number of halogens is 2. The van der Waals surface area contributed by atoms with E-state index < -0.39 is 9.05 Å². The van der Waals surface area contributed by atoms with Crippen molar-refractivity contribution in [1.82, 2.24) is 0 Å². The third kappa shape index (κ3) is 2.40. The molecule has 0 unspecified atom stereocenters. The second kappa shape index (κ2) is 4.08. The van der Waals surface area contributed by atoms with Crippen LogP contribution in [0.1, 0.15) is 5.56 Å². The Hall–Kier alpha value is -0.260. The molecule has 1 aromatic rings. The lowest BCUT2D eigenvalue weighted by Crippen LogP contribution is -1.97. The fraction of sp³-hybridized carbons (Fsp3) is 0.250. The molecule has 1 aromatic carbocycles. The Balaban J connectivity index is 3.51. The predicted octanol–water partition coefficient (Wildman–Crippen LogP) is 2.69. The molecule has 0 amide bonds. The largest absolute Gasteiger partial charge is 0.495 e. The number of ether oxygens (including phenoxy) is 1. The zero-order valence-electron chi connectivity index (χ0n) is 7.54. The average Bonchev–Trinajstić information content (AvgIpc) is 2.07. The maximum Gasteiger partial charge on any atom is 0.264 e. The normalized spacial score (nSPS) is 11.4. The highest BCUT2D eigenvalue weighted by molar-refractivity contribution is 9.10. The molecule has 0 heterocycles. The van der Waals surface area contributed by atoms with Crippen molar-refractivity contribution in [3.8, 4) is 5.75 Å². The molecule has 0 aliphatic carbocycles. The van der Waals surface area contributed by atoms with E-state index in [9.17, 15) is 8.42 Å². The minimum atomic E-state index is -3.76. The van der Waals surface area contributed by atoms with Crippen molar-refractivity contribution in [2.45, 2.75) is 11.8 Å². The van der Waals surface area contributed by atoms with E-state index in [4.69, 9.17) is 15.4 Å². The standard InChI is InChI=1S/C8H8BrClO3S/c1-5-3-8(14(10,11)12)7(13-2)4-6(5)9/h3-4H,1-2H3. The summed E-state index contributed by atoms with van der Waals surface area (Å²) in [6.45, 7) is 1.77. The van der Waals surface area contributed by atoms with Gasteiger partial charge in [0.2, 0.25) is 0 Å². The molecule has 78 valence electrons. The first-order valence-corrected chi connectivity index (χ1v) is 6.75. The first-order valence-electron chi connectivity index (χ1n) is 3.65. The fourth-order valence-electron chi connectivity index (χ4n) is 0.987. The van der Waals surface area contributed by atoms with Crippen molar-refractivity contribution < 1.29 is 13.2 Å². The average molecular weight is 300 g/mol. The maximum atomic E-state index is 11.1. The van der Waals surface area contributed by atoms with Crippen LogP contribution in [-0.4, -0.2) is 15.5 Å². The van der Waals surface area contributed by atoms with Gasteiger partial charge in [-0.3, -0.25) is 0 Å². The van der Waals surface area contributed by atoms with Crippen molar-refractivity contribution in [3.63, 3.8) is 0 Å². The van der Waals surface area contributed by atoms with E-state index in [0.29, 0.717) is 0 Å². The topological polar surface area (TPSA) is 43.4 Å². The van der Waals surface area contributed by atoms with Gasteiger partial charge >= 0.3 is 0 Å². The Labute approximate surface area is 95.6 Å². The summed E-state index contributed by atoms with van der Waals surface area (Å²) >= 11 is 3.27. The predicted molar refractivity (Wildman–Crippen MR) is 58.5 cm³/mol. The quantitative estimate of drug-likeness (QED) is 0.789. The SMILES string of the molecule is COc1cc(Br)c(C)cc1S(=O)(=O)Cl. The number of hydrogen-bond acceptors (Lipinski definition) is 3. The number of benzene rings is 1. The zero-order valence-corrected chi connectivity index (χ0v) is 10.7. The lowest BCUT2D eigenvalue weighted by Gasteiger charge is -2.07. The molecule has 0 saturated carbocycles. The molecular weight excluding hydrogens is 292 g/mol. The zero-order chi connectivity index (χ0) is 10.9. The van der Waals surface area contributed by atoms with Crippen LogP contribution in [0.5, 0.6) is 5.75 Å². The summed E-state index contributed by atoms with van der Waals surface area (Å²) in [5, 5.41) is 0. The van der Waals surface area contributed by atoms with Crippen LogP contribution >= 0.6 is 26.6 Å². The molecule has 1 rings (SSSR count). The highest BCUT2D eigenvalue weighted by atomic mass is 79.9. The Morgan fingerprint density at radius 3 is 2.43 bits per heavy atom. The van der Waals surface area contributed by atoms with Gasteiger partial charge in [-0.15, -0.1) is 0 Å². The van der Waals surface area contributed by atoms with E-state index >= 15 is 0 Å². The monoisotopic (exact) mass is 298 g/mol. The molecule has 0 fully saturated rings. The Bertz CT molecular complexity index is 456. The number of methoxy groups -OCH3 is 1. The van der Waals surface area contributed by atoms with Gasteiger partial charge in [0.25, 0.3) is 9.05 Å². The van der Waals surface area contributed by atoms with Crippen LogP contribution < -0.4 is 4.74 Å². The molecular formula is C8H8BrClO3S. The maximum absolute atomic E-state index is 11.1. The van der Waals surface area contributed by atoms with Gasteiger partial charge in [-0.25, -0.2) is 8.42 Å². The van der Waals surface area contributed by atoms with Gasteiger partial charge in [-0.2, -0.15) is 0 Å². The van der Waals surface area contributed by atoms with Crippen molar-refractivity contribution in [2.24, 2.45) is 0 Å². The van der Waals surface area contributed by atoms with Crippen molar-refractivity contribution in [1.29, 1.82) is 0 Å². The van der Waals surface area contributed by atoms with E-state index in [1.165, 1.54) is 13.2 Å². The van der Waals surface area contributed by atoms with Crippen LogP contribution in [0.25, 0.3) is 0 Å². The molecule has 0 radical (unpaired) electrons. The summed E-state index contributed by atoms with van der Waals surface area (Å²) in [4.78, 5) is -0.0117. The molecule has 0 spiro atoms. The fourth-order valence-corrected chi connectivity index (χ4v) is 2.37. The first-order chi connectivity index (χ1) is 6.36. The minimum Gasteiger partial charge on any atom is -0.495 e. The minimum absolute atomic E-state index is 0.0117. The van der Waals surface area contributed by atoms with Crippen LogP contribution in [0.15, 0.2) is 21.5 Å². The molecule has 0 aliphatic rings. The molecule has 0 bridgehead atoms. The molecule has 14 heavy (non-hydrogen) atoms. The van der Waals surface area contributed by atoms with E-state index in [0.717, 1.165) is 10.0 Å². The highest BCUT2D eigenvalue weighted by Gasteiger charge is 2.17. The highest BCUT2D eigenvalue weighted by Crippen LogP contribution is 2.32. The Kier molecular flexibility index (Phi) is 3.44. The molecule has 0 aromatic heterocycles. The van der Waals surface area contributed by atoms with Gasteiger partial charge in [0.15, 0.2) is 0 Å². The van der Waals surface area contributed by atoms with Gasteiger partial charge in [0, 0.05) is 15.2 Å². The summed E-state index contributed by atoms with van der Waals surface area (Å²) in [5.41, 5.74) is 0.782. The smallest absolute Gasteiger partial charge is 0.264 e. The molecule has 0 aliphatic heterocycles. The van der Waals surface area contributed by atoms with E-state index in [-0.39, 0.29) is 10.6 Å². The molecule has 0 N–H and O–H groups in total. The van der Waals surface area contributed by atoms with Crippen LogP contribution in [0.2, 0.25) is 0 Å². The van der Waals surface area contributed by atoms with Crippen LogP contribution in [0.4, 0.5) is 0 Å². The van der Waals surface area contributed by atoms with E-state index in [2.05, 4.69) is 15.9 Å². The number of aryl methyl sites for hydroxylation is 1. The lowest BCUT2D eigenvalue weighted by molar-refractivity contribution is 0.402. The summed E-state index contributed by atoms with van der Waals surface area (Å²) < 4.78 is 28.0. The van der Waals surface area contributed by atoms with Crippen LogP contribution in [-0.2, 0) is 9.05 Å². The third-order valence-electron chi connectivity index (χ3n) is 1.71. The van der Waals surface area contributed by atoms with Gasteiger partial charge in [-0.05, 0) is 24.6 Å². The van der Waals surface area contributed by atoms with Gasteiger partial charge in [0.05, 0.1) is 7.11 Å². The number of hydrogen-bond donors (Lipinski definition) is 0. The summed E-state index contributed by atoms with van der Waals surface area (Å²) in [6, 6.07) is 3.04. The van der Waals surface area contributed by atoms with Crippen molar-refractivity contribution >= 4 is 35.7 Å². The second-order valence-electron chi connectivity index (χ2n) is 2.69. The third-order valence-corrected chi connectivity index (χ3v) is 3.91. The summed E-state index contributed by atoms with van der Waals surface area (Å²) in [6.07, 6.45) is 0. The molecule has 3 nitrogen and oxygen atoms in total. The van der Waals surface area contributed by atoms with Crippen LogP contribution in [0.3, 0.4) is 0 Å². The van der Waals surface area contributed by atoms with E-state index in [1.54, 1.807) is 13.0 Å². The molecule has 0 atom stereocenters. The summed E-state index contributed by atoms with van der Waals surface area (Å²) in [5.74, 6) is 0.234. The second-order valence-corrected chi connectivity index (χ2v) is 6.08. The number of rotatable bonds is 2. The Morgan fingerprint density at radius 2 is 2.00 bits per heavy atom. The van der Waals surface area contributed by atoms with Crippen molar-refractivity contribution in [3.05, 3.63) is 22.2 Å². The van der Waals surface area contributed by atoms with Crippen LogP contribution in [0, 0.1) is 6.92 Å². The van der Waals surface area contributed by atoms with E-state index in [1.807, 2.05) is 0 Å². The summed E-state index contributed by atoms with van der Waals surface area (Å²) in [7, 11) is 2.88. The molecule has 6 heteroatoms. The Morgan fingerprint density at radius 1 is 1.43 bits per heavy atom.